The number of rotatable bonds is 5. The van der Waals surface area contributed by atoms with Crippen molar-refractivity contribution in [3.8, 4) is 17.2 Å². The topological polar surface area (TPSA) is 162 Å². The van der Waals surface area contributed by atoms with Crippen LogP contribution in [0.4, 0.5) is 0 Å². The maximum absolute atomic E-state index is 13.0. The van der Waals surface area contributed by atoms with Crippen LogP contribution in [-0.4, -0.2) is 61.1 Å². The van der Waals surface area contributed by atoms with Crippen LogP contribution in [0.2, 0.25) is 0 Å². The predicted molar refractivity (Wildman–Crippen MR) is 98.2 cm³/mol. The number of phenolic OH excluding ortho intramolecular Hbond substituents is 1. The Labute approximate surface area is 168 Å². The van der Waals surface area contributed by atoms with Gasteiger partial charge in [-0.1, -0.05) is 0 Å². The minimum absolute atomic E-state index is 0.0861. The summed E-state index contributed by atoms with van der Waals surface area (Å²) in [6, 6.07) is 2.34. The van der Waals surface area contributed by atoms with E-state index in [2.05, 4.69) is 4.74 Å². The number of aromatic hydroxyl groups is 1. The van der Waals surface area contributed by atoms with E-state index in [-0.39, 0.29) is 16.7 Å². The minimum Gasteiger partial charge on any atom is -0.507 e. The number of carbonyl (C=O) groups excluding carboxylic acids is 2. The van der Waals surface area contributed by atoms with Crippen LogP contribution in [0.1, 0.15) is 5.76 Å². The molecule has 30 heavy (non-hydrogen) atoms. The smallest absolute Gasteiger partial charge is 0.350 e. The third-order valence-corrected chi connectivity index (χ3v) is 4.87. The maximum Gasteiger partial charge on any atom is 0.350 e. The molecular weight excluding hydrogens is 404 g/mol. The first-order valence-corrected chi connectivity index (χ1v) is 8.37. The van der Waals surface area contributed by atoms with Gasteiger partial charge in [-0.25, -0.2) is 4.79 Å². The Morgan fingerprint density at radius 3 is 2.23 bits per heavy atom. The lowest BCUT2D eigenvalue weighted by Crippen LogP contribution is -2.59. The zero-order valence-electron chi connectivity index (χ0n) is 16.3. The van der Waals surface area contributed by atoms with Gasteiger partial charge in [-0.15, -0.1) is 0 Å². The average molecular weight is 422 g/mol. The van der Waals surface area contributed by atoms with Crippen LogP contribution in [0, 0.1) is 0 Å². The van der Waals surface area contributed by atoms with Crippen LogP contribution in [-0.2, 0) is 24.7 Å². The number of esters is 1. The Hall–Kier alpha value is -3.57. The Morgan fingerprint density at radius 2 is 1.70 bits per heavy atom. The maximum atomic E-state index is 13.0. The Balaban J connectivity index is 2.46. The number of ether oxygens (including phenoxy) is 4. The van der Waals surface area contributed by atoms with Crippen molar-refractivity contribution in [2.75, 3.05) is 28.4 Å². The van der Waals surface area contributed by atoms with Crippen LogP contribution in [0.25, 0.3) is 11.0 Å². The van der Waals surface area contributed by atoms with Crippen LogP contribution in [0.15, 0.2) is 33.2 Å². The summed E-state index contributed by atoms with van der Waals surface area (Å²) in [5, 5.41) is 32.2. The normalized spacial score (nSPS) is 23.3. The second kappa shape index (κ2) is 7.04. The van der Waals surface area contributed by atoms with Crippen LogP contribution >= 0.6 is 0 Å². The van der Waals surface area contributed by atoms with E-state index >= 15 is 0 Å². The SMILES string of the molecule is COC(=O)C1(O)C(OC)=CC(=O)C1(O)c1oc2cc(OC)cc(O)c2c(=O)c1OC. The molecule has 3 rings (SSSR count). The molecule has 1 aliphatic carbocycles. The molecule has 0 bridgehead atoms. The number of hydrogen-bond acceptors (Lipinski definition) is 11. The highest BCUT2D eigenvalue weighted by atomic mass is 16.6. The highest BCUT2D eigenvalue weighted by molar-refractivity contribution is 6.09. The molecule has 2 unspecified atom stereocenters. The van der Waals surface area contributed by atoms with Gasteiger partial charge in [-0.3, -0.25) is 9.59 Å². The number of carbonyl (C=O) groups is 2. The third-order valence-electron chi connectivity index (χ3n) is 4.87. The Bertz CT molecular complexity index is 1150. The molecule has 0 saturated carbocycles. The van der Waals surface area contributed by atoms with Crippen molar-refractivity contribution in [2.24, 2.45) is 0 Å². The standard InChI is InChI=1S/C19H18O11/c1-26-8-5-9(20)13-10(6-8)30-16(15(28-3)14(13)22)18(24)11(21)7-12(27-2)19(18,25)17(23)29-4/h5-7,20,24-25H,1-4H3. The first kappa shape index (κ1) is 21.1. The van der Waals surface area contributed by atoms with Gasteiger partial charge in [-0.2, -0.15) is 0 Å². The Morgan fingerprint density at radius 1 is 1.03 bits per heavy atom. The van der Waals surface area contributed by atoms with Crippen molar-refractivity contribution in [1.29, 1.82) is 0 Å². The first-order valence-electron chi connectivity index (χ1n) is 8.37. The third kappa shape index (κ3) is 2.49. The van der Waals surface area contributed by atoms with E-state index in [0.717, 1.165) is 27.4 Å². The van der Waals surface area contributed by atoms with Crippen molar-refractivity contribution in [1.82, 2.24) is 0 Å². The van der Waals surface area contributed by atoms with Gasteiger partial charge >= 0.3 is 5.97 Å². The molecule has 160 valence electrons. The molecule has 0 aliphatic heterocycles. The van der Waals surface area contributed by atoms with E-state index in [4.69, 9.17) is 18.6 Å². The summed E-state index contributed by atoms with van der Waals surface area (Å²) in [6.45, 7) is 0. The highest BCUT2D eigenvalue weighted by Crippen LogP contribution is 2.48. The molecule has 2 aromatic rings. The van der Waals surface area contributed by atoms with Gasteiger partial charge in [0, 0.05) is 18.2 Å². The summed E-state index contributed by atoms with van der Waals surface area (Å²) in [5.41, 5.74) is -7.56. The second-order valence-electron chi connectivity index (χ2n) is 6.30. The van der Waals surface area contributed by atoms with E-state index in [1.54, 1.807) is 0 Å². The lowest BCUT2D eigenvalue weighted by Gasteiger charge is -2.34. The minimum atomic E-state index is -3.18. The predicted octanol–water partition coefficient (Wildman–Crippen LogP) is -0.280. The molecule has 0 spiro atoms. The second-order valence-corrected chi connectivity index (χ2v) is 6.30. The lowest BCUT2D eigenvalue weighted by atomic mass is 9.81. The van der Waals surface area contributed by atoms with Crippen molar-refractivity contribution < 1.29 is 48.3 Å². The van der Waals surface area contributed by atoms with Crippen LogP contribution in [0.3, 0.4) is 0 Å². The summed E-state index contributed by atoms with van der Waals surface area (Å²) in [4.78, 5) is 38.1. The number of benzene rings is 1. The largest absolute Gasteiger partial charge is 0.507 e. The van der Waals surface area contributed by atoms with Crippen molar-refractivity contribution in [2.45, 2.75) is 11.2 Å². The number of methoxy groups -OCH3 is 4. The van der Waals surface area contributed by atoms with E-state index in [9.17, 15) is 29.7 Å². The molecule has 1 heterocycles. The molecule has 1 aromatic heterocycles. The molecule has 2 atom stereocenters. The fourth-order valence-electron chi connectivity index (χ4n) is 3.36. The van der Waals surface area contributed by atoms with Gasteiger partial charge in [-0.05, 0) is 0 Å². The summed E-state index contributed by atoms with van der Waals surface area (Å²) in [5.74, 6) is -5.39. The van der Waals surface area contributed by atoms with Gasteiger partial charge in [0.2, 0.25) is 22.6 Å². The molecule has 0 amide bonds. The average Bonchev–Trinajstić information content (AvgIpc) is 2.94. The zero-order valence-corrected chi connectivity index (χ0v) is 16.3. The van der Waals surface area contributed by atoms with Gasteiger partial charge in [0.25, 0.3) is 5.60 Å². The molecule has 1 aliphatic rings. The number of ketones is 1. The van der Waals surface area contributed by atoms with Crippen molar-refractivity contribution in [3.05, 3.63) is 40.0 Å². The molecule has 0 radical (unpaired) electrons. The number of phenols is 1. The van der Waals surface area contributed by atoms with Gasteiger partial charge in [0.15, 0.2) is 5.76 Å². The van der Waals surface area contributed by atoms with Crippen molar-refractivity contribution >= 4 is 22.7 Å². The van der Waals surface area contributed by atoms with Gasteiger partial charge < -0.3 is 38.7 Å². The Kier molecular flexibility index (Phi) is 4.96. The van der Waals surface area contributed by atoms with E-state index in [0.29, 0.717) is 6.08 Å². The molecule has 0 fully saturated rings. The van der Waals surface area contributed by atoms with E-state index in [1.807, 2.05) is 0 Å². The number of fused-ring (bicyclic) bond motifs is 1. The summed E-state index contributed by atoms with van der Waals surface area (Å²) < 4.78 is 25.0. The molecule has 11 heteroatoms. The molecule has 11 nitrogen and oxygen atoms in total. The highest BCUT2D eigenvalue weighted by Gasteiger charge is 2.71. The molecular formula is C19H18O11. The van der Waals surface area contributed by atoms with Crippen LogP contribution in [0.5, 0.6) is 17.2 Å². The lowest BCUT2D eigenvalue weighted by molar-refractivity contribution is -0.196. The molecule has 0 saturated heterocycles. The van der Waals surface area contributed by atoms with E-state index in [1.165, 1.54) is 13.2 Å². The fourth-order valence-corrected chi connectivity index (χ4v) is 3.36. The quantitative estimate of drug-likeness (QED) is 0.543. The first-order chi connectivity index (χ1) is 14.1. The fraction of sp³-hybridized carbons (Fsp3) is 0.316. The summed E-state index contributed by atoms with van der Waals surface area (Å²) in [7, 11) is 4.29. The monoisotopic (exact) mass is 422 g/mol. The summed E-state index contributed by atoms with van der Waals surface area (Å²) >= 11 is 0. The van der Waals surface area contributed by atoms with Crippen molar-refractivity contribution in [3.63, 3.8) is 0 Å². The summed E-state index contributed by atoms with van der Waals surface area (Å²) in [6.07, 6.45) is 0.670. The molecule has 3 N–H and O–H groups in total. The van der Waals surface area contributed by atoms with Gasteiger partial charge in [0.05, 0.1) is 28.4 Å². The van der Waals surface area contributed by atoms with Gasteiger partial charge in [0.1, 0.15) is 28.2 Å². The number of aliphatic hydroxyl groups is 2. The number of hydrogen-bond donors (Lipinski definition) is 3. The molecule has 1 aromatic carbocycles. The van der Waals surface area contributed by atoms with Crippen LogP contribution < -0.4 is 14.9 Å². The van der Waals surface area contributed by atoms with E-state index < -0.39 is 51.4 Å². The zero-order chi connectivity index (χ0) is 22.4.